The Labute approximate surface area is 96.3 Å². The summed E-state index contributed by atoms with van der Waals surface area (Å²) in [6.07, 6.45) is 6.30. The van der Waals surface area contributed by atoms with Crippen LogP contribution < -0.4 is 4.90 Å². The molecule has 2 saturated carbocycles. The number of hydrogen-bond donors (Lipinski definition) is 0. The number of carbonyl (C=O) groups is 1. The lowest BCUT2D eigenvalue weighted by Gasteiger charge is -2.26. The molecule has 0 amide bonds. The maximum Gasteiger partial charge on any atom is 0.152 e. The molecule has 0 aromatic heterocycles. The second-order valence-corrected chi connectivity index (χ2v) is 5.00. The van der Waals surface area contributed by atoms with Crippen molar-refractivity contribution in [1.29, 1.82) is 0 Å². The number of rotatable bonds is 5. The number of para-hydroxylation sites is 1. The zero-order chi connectivity index (χ0) is 11.0. The van der Waals surface area contributed by atoms with Crippen LogP contribution in [0.5, 0.6) is 0 Å². The van der Waals surface area contributed by atoms with Gasteiger partial charge in [0.25, 0.3) is 0 Å². The lowest BCUT2D eigenvalue weighted by atomic mass is 10.1. The maximum absolute atomic E-state index is 11.0. The highest BCUT2D eigenvalue weighted by molar-refractivity contribution is 5.84. The SMILES string of the molecule is O=Cc1ccccc1N(CC1CC1)C1CC1. The molecule has 2 aliphatic rings. The lowest BCUT2D eigenvalue weighted by Crippen LogP contribution is -2.28. The van der Waals surface area contributed by atoms with Gasteiger partial charge in [0.1, 0.15) is 0 Å². The van der Waals surface area contributed by atoms with E-state index in [2.05, 4.69) is 11.0 Å². The van der Waals surface area contributed by atoms with Crippen molar-refractivity contribution >= 4 is 12.0 Å². The van der Waals surface area contributed by atoms with E-state index in [9.17, 15) is 4.79 Å². The van der Waals surface area contributed by atoms with Crippen molar-refractivity contribution in [3.8, 4) is 0 Å². The largest absolute Gasteiger partial charge is 0.368 e. The second-order valence-electron chi connectivity index (χ2n) is 5.00. The Hall–Kier alpha value is -1.31. The third-order valence-corrected chi connectivity index (χ3v) is 3.51. The van der Waals surface area contributed by atoms with Crippen molar-refractivity contribution in [3.05, 3.63) is 29.8 Å². The molecular formula is C14H17NO. The minimum absolute atomic E-state index is 0.696. The van der Waals surface area contributed by atoms with Crippen molar-refractivity contribution in [2.75, 3.05) is 11.4 Å². The van der Waals surface area contributed by atoms with Gasteiger partial charge in [-0.1, -0.05) is 12.1 Å². The first-order chi connectivity index (χ1) is 7.88. The first-order valence-electron chi connectivity index (χ1n) is 6.19. The monoisotopic (exact) mass is 215 g/mol. The number of anilines is 1. The van der Waals surface area contributed by atoms with Crippen LogP contribution in [0.25, 0.3) is 0 Å². The van der Waals surface area contributed by atoms with Crippen molar-refractivity contribution in [3.63, 3.8) is 0 Å². The van der Waals surface area contributed by atoms with Crippen LogP contribution in [0.4, 0.5) is 5.69 Å². The van der Waals surface area contributed by atoms with Gasteiger partial charge in [0.05, 0.1) is 0 Å². The van der Waals surface area contributed by atoms with Gasteiger partial charge in [-0.3, -0.25) is 4.79 Å². The Balaban J connectivity index is 1.87. The Morgan fingerprint density at radius 1 is 1.19 bits per heavy atom. The molecule has 0 N–H and O–H groups in total. The fourth-order valence-corrected chi connectivity index (χ4v) is 2.26. The minimum atomic E-state index is 0.696. The third kappa shape index (κ3) is 1.97. The molecule has 0 atom stereocenters. The summed E-state index contributed by atoms with van der Waals surface area (Å²) >= 11 is 0. The van der Waals surface area contributed by atoms with Crippen LogP contribution >= 0.6 is 0 Å². The zero-order valence-corrected chi connectivity index (χ0v) is 9.43. The van der Waals surface area contributed by atoms with Gasteiger partial charge in [-0.2, -0.15) is 0 Å². The van der Waals surface area contributed by atoms with E-state index in [0.717, 1.165) is 30.0 Å². The molecule has 0 aliphatic heterocycles. The van der Waals surface area contributed by atoms with E-state index in [1.807, 2.05) is 18.2 Å². The first-order valence-corrected chi connectivity index (χ1v) is 6.19. The van der Waals surface area contributed by atoms with Gasteiger partial charge in [0.2, 0.25) is 0 Å². The minimum Gasteiger partial charge on any atom is -0.368 e. The molecule has 2 nitrogen and oxygen atoms in total. The Morgan fingerprint density at radius 2 is 1.94 bits per heavy atom. The van der Waals surface area contributed by atoms with E-state index >= 15 is 0 Å². The number of hydrogen-bond acceptors (Lipinski definition) is 2. The van der Waals surface area contributed by atoms with E-state index in [1.54, 1.807) is 0 Å². The summed E-state index contributed by atoms with van der Waals surface area (Å²) in [7, 11) is 0. The van der Waals surface area contributed by atoms with Crippen molar-refractivity contribution in [1.82, 2.24) is 0 Å². The highest BCUT2D eigenvalue weighted by Gasteiger charge is 2.34. The summed E-state index contributed by atoms with van der Waals surface area (Å²) in [5.74, 6) is 0.875. The Morgan fingerprint density at radius 3 is 2.56 bits per heavy atom. The third-order valence-electron chi connectivity index (χ3n) is 3.51. The van der Waals surface area contributed by atoms with E-state index in [0.29, 0.717) is 6.04 Å². The van der Waals surface area contributed by atoms with E-state index < -0.39 is 0 Å². The van der Waals surface area contributed by atoms with Gasteiger partial charge < -0.3 is 4.90 Å². The molecule has 1 aromatic rings. The number of benzene rings is 1. The van der Waals surface area contributed by atoms with Crippen LogP contribution in [0, 0.1) is 5.92 Å². The molecule has 0 heterocycles. The molecule has 84 valence electrons. The van der Waals surface area contributed by atoms with Gasteiger partial charge in [0.15, 0.2) is 6.29 Å². The fourth-order valence-electron chi connectivity index (χ4n) is 2.26. The smallest absolute Gasteiger partial charge is 0.152 e. The summed E-state index contributed by atoms with van der Waals surface area (Å²) in [6.45, 7) is 1.15. The summed E-state index contributed by atoms with van der Waals surface area (Å²) in [5.41, 5.74) is 1.99. The maximum atomic E-state index is 11.0. The second kappa shape index (κ2) is 3.93. The van der Waals surface area contributed by atoms with Gasteiger partial charge in [-0.25, -0.2) is 0 Å². The topological polar surface area (TPSA) is 20.3 Å². The molecule has 0 bridgehead atoms. The summed E-state index contributed by atoms with van der Waals surface area (Å²) in [6, 6.07) is 8.68. The van der Waals surface area contributed by atoms with E-state index in [4.69, 9.17) is 0 Å². The molecule has 2 heteroatoms. The molecule has 0 unspecified atom stereocenters. The molecule has 16 heavy (non-hydrogen) atoms. The van der Waals surface area contributed by atoms with E-state index in [1.165, 1.54) is 25.7 Å². The van der Waals surface area contributed by atoms with Gasteiger partial charge >= 0.3 is 0 Å². The highest BCUT2D eigenvalue weighted by Crippen LogP contribution is 2.38. The standard InChI is InChI=1S/C14H17NO/c16-10-12-3-1-2-4-14(12)15(13-7-8-13)9-11-5-6-11/h1-4,10-11,13H,5-9H2. The van der Waals surface area contributed by atoms with Crippen LogP contribution in [0.15, 0.2) is 24.3 Å². The fraction of sp³-hybridized carbons (Fsp3) is 0.500. The number of aldehydes is 1. The molecule has 0 saturated heterocycles. The van der Waals surface area contributed by atoms with Crippen LogP contribution in [-0.2, 0) is 0 Å². The van der Waals surface area contributed by atoms with Gasteiger partial charge in [-0.05, 0) is 43.7 Å². The molecule has 2 aliphatic carbocycles. The molecular weight excluding hydrogens is 198 g/mol. The highest BCUT2D eigenvalue weighted by atomic mass is 16.1. The summed E-state index contributed by atoms with van der Waals surface area (Å²) < 4.78 is 0. The zero-order valence-electron chi connectivity index (χ0n) is 9.43. The lowest BCUT2D eigenvalue weighted by molar-refractivity contribution is 0.112. The van der Waals surface area contributed by atoms with Crippen LogP contribution in [0.2, 0.25) is 0 Å². The molecule has 0 spiro atoms. The molecule has 3 rings (SSSR count). The molecule has 0 radical (unpaired) electrons. The normalized spacial score (nSPS) is 19.5. The summed E-state index contributed by atoms with van der Waals surface area (Å²) in [5, 5.41) is 0. The van der Waals surface area contributed by atoms with Crippen LogP contribution in [0.3, 0.4) is 0 Å². The molecule has 2 fully saturated rings. The van der Waals surface area contributed by atoms with Gasteiger partial charge in [-0.15, -0.1) is 0 Å². The van der Waals surface area contributed by atoms with Crippen LogP contribution in [0.1, 0.15) is 36.0 Å². The predicted octanol–water partition coefficient (Wildman–Crippen LogP) is 2.88. The summed E-state index contributed by atoms with van der Waals surface area (Å²) in [4.78, 5) is 13.5. The first kappa shape index (κ1) is 9.88. The molecule has 1 aromatic carbocycles. The van der Waals surface area contributed by atoms with Crippen molar-refractivity contribution in [2.24, 2.45) is 5.92 Å². The quantitative estimate of drug-likeness (QED) is 0.704. The van der Waals surface area contributed by atoms with Crippen molar-refractivity contribution < 1.29 is 4.79 Å². The Bertz CT molecular complexity index is 393. The van der Waals surface area contributed by atoms with Gasteiger partial charge in [0, 0.05) is 23.8 Å². The average molecular weight is 215 g/mol. The van der Waals surface area contributed by atoms with Crippen molar-refractivity contribution in [2.45, 2.75) is 31.7 Å². The predicted molar refractivity (Wildman–Crippen MR) is 64.9 cm³/mol. The number of carbonyl (C=O) groups excluding carboxylic acids is 1. The number of nitrogens with zero attached hydrogens (tertiary/aromatic N) is 1. The Kier molecular flexibility index (Phi) is 2.43. The van der Waals surface area contributed by atoms with E-state index in [-0.39, 0.29) is 0 Å². The van der Waals surface area contributed by atoms with Crippen LogP contribution in [-0.4, -0.2) is 18.9 Å². The average Bonchev–Trinajstić information content (AvgIpc) is 3.16.